The molecule has 1 fully saturated rings. The van der Waals surface area contributed by atoms with Gasteiger partial charge in [-0.3, -0.25) is 4.90 Å². The Bertz CT molecular complexity index is 491. The predicted molar refractivity (Wildman–Crippen MR) is 78.0 cm³/mol. The van der Waals surface area contributed by atoms with E-state index in [0.29, 0.717) is 24.1 Å². The zero-order valence-corrected chi connectivity index (χ0v) is 13.0. The van der Waals surface area contributed by atoms with Crippen molar-refractivity contribution in [3.05, 3.63) is 35.1 Å². The van der Waals surface area contributed by atoms with E-state index in [0.717, 1.165) is 38.5 Å². The van der Waals surface area contributed by atoms with Crippen molar-refractivity contribution in [2.45, 2.75) is 25.6 Å². The number of alkyl halides is 3. The zero-order chi connectivity index (χ0) is 16.3. The van der Waals surface area contributed by atoms with Crippen LogP contribution in [0.25, 0.3) is 0 Å². The number of benzene rings is 1. The van der Waals surface area contributed by atoms with Crippen LogP contribution < -0.4 is 0 Å². The molecular weight excluding hydrogens is 296 g/mol. The van der Waals surface area contributed by atoms with Crippen molar-refractivity contribution in [1.82, 2.24) is 9.80 Å². The van der Waals surface area contributed by atoms with Gasteiger partial charge >= 0.3 is 6.18 Å². The van der Waals surface area contributed by atoms with Crippen molar-refractivity contribution in [3.8, 4) is 0 Å². The van der Waals surface area contributed by atoms with Gasteiger partial charge in [-0.25, -0.2) is 4.39 Å². The molecule has 2 nitrogen and oxygen atoms in total. The molecule has 0 spiro atoms. The second-order valence-corrected chi connectivity index (χ2v) is 6.29. The molecule has 1 aliphatic heterocycles. The molecule has 1 aliphatic rings. The molecule has 1 aromatic rings. The minimum atomic E-state index is -4.50. The summed E-state index contributed by atoms with van der Waals surface area (Å²) in [5.74, 6) is -0.131. The Morgan fingerprint density at radius 2 is 1.82 bits per heavy atom. The largest absolute Gasteiger partial charge is 0.416 e. The Balaban J connectivity index is 1.92. The summed E-state index contributed by atoms with van der Waals surface area (Å²) >= 11 is 0. The lowest BCUT2D eigenvalue weighted by Gasteiger charge is -2.33. The van der Waals surface area contributed by atoms with Crippen molar-refractivity contribution in [1.29, 1.82) is 0 Å². The van der Waals surface area contributed by atoms with Gasteiger partial charge in [0, 0.05) is 18.7 Å². The Labute approximate surface area is 128 Å². The van der Waals surface area contributed by atoms with Crippen LogP contribution in [0.3, 0.4) is 0 Å². The van der Waals surface area contributed by atoms with E-state index in [-0.39, 0.29) is 0 Å². The fourth-order valence-electron chi connectivity index (χ4n) is 2.94. The Morgan fingerprint density at radius 1 is 1.18 bits per heavy atom. The molecule has 0 atom stereocenters. The maximum Gasteiger partial charge on any atom is 0.416 e. The number of nitrogens with zero attached hydrogens (tertiary/aromatic N) is 2. The monoisotopic (exact) mass is 318 g/mol. The van der Waals surface area contributed by atoms with Crippen LogP contribution in [0.5, 0.6) is 0 Å². The molecule has 0 unspecified atom stereocenters. The molecule has 22 heavy (non-hydrogen) atoms. The topological polar surface area (TPSA) is 6.48 Å². The van der Waals surface area contributed by atoms with E-state index in [4.69, 9.17) is 0 Å². The van der Waals surface area contributed by atoms with E-state index in [1.807, 2.05) is 14.1 Å². The number of hydrogen-bond acceptors (Lipinski definition) is 2. The molecule has 0 saturated carbocycles. The third-order valence-corrected chi connectivity index (χ3v) is 4.10. The third kappa shape index (κ3) is 4.68. The van der Waals surface area contributed by atoms with Crippen LogP contribution >= 0.6 is 0 Å². The average molecular weight is 318 g/mol. The quantitative estimate of drug-likeness (QED) is 0.783. The molecule has 1 aromatic carbocycles. The number of rotatable bonds is 4. The van der Waals surface area contributed by atoms with Crippen molar-refractivity contribution in [3.63, 3.8) is 0 Å². The van der Waals surface area contributed by atoms with Crippen LogP contribution in [0.15, 0.2) is 18.2 Å². The minimum Gasteiger partial charge on any atom is -0.309 e. The second-order valence-electron chi connectivity index (χ2n) is 6.29. The summed E-state index contributed by atoms with van der Waals surface area (Å²) in [4.78, 5) is 4.27. The first-order chi connectivity index (χ1) is 10.3. The van der Waals surface area contributed by atoms with Gasteiger partial charge in [0.2, 0.25) is 0 Å². The molecule has 0 N–H and O–H groups in total. The predicted octanol–water partition coefficient (Wildman–Crippen LogP) is 3.62. The van der Waals surface area contributed by atoms with Crippen LogP contribution in [0.1, 0.15) is 24.0 Å². The van der Waals surface area contributed by atoms with Crippen LogP contribution in [0, 0.1) is 11.7 Å². The van der Waals surface area contributed by atoms with Crippen molar-refractivity contribution in [2.75, 3.05) is 33.7 Å². The van der Waals surface area contributed by atoms with Gasteiger partial charge in [-0.1, -0.05) is 6.07 Å². The highest BCUT2D eigenvalue weighted by atomic mass is 19.4. The third-order valence-electron chi connectivity index (χ3n) is 4.10. The van der Waals surface area contributed by atoms with Gasteiger partial charge < -0.3 is 4.90 Å². The van der Waals surface area contributed by atoms with Crippen LogP contribution in [-0.4, -0.2) is 43.5 Å². The molecule has 1 saturated heterocycles. The highest BCUT2D eigenvalue weighted by molar-refractivity contribution is 5.26. The fraction of sp³-hybridized carbons (Fsp3) is 0.625. The summed E-state index contributed by atoms with van der Waals surface area (Å²) in [7, 11) is 4.09. The van der Waals surface area contributed by atoms with Crippen LogP contribution in [0.2, 0.25) is 0 Å². The first-order valence-corrected chi connectivity index (χ1v) is 7.48. The van der Waals surface area contributed by atoms with Crippen molar-refractivity contribution in [2.24, 2.45) is 5.92 Å². The van der Waals surface area contributed by atoms with E-state index in [2.05, 4.69) is 9.80 Å². The molecular formula is C16H22F4N2. The normalized spacial score (nSPS) is 18.1. The molecule has 124 valence electrons. The van der Waals surface area contributed by atoms with E-state index < -0.39 is 17.6 Å². The van der Waals surface area contributed by atoms with Gasteiger partial charge in [0.15, 0.2) is 0 Å². The smallest absolute Gasteiger partial charge is 0.309 e. The average Bonchev–Trinajstić information content (AvgIpc) is 2.41. The zero-order valence-electron chi connectivity index (χ0n) is 13.0. The van der Waals surface area contributed by atoms with E-state index in [1.54, 1.807) is 0 Å². The van der Waals surface area contributed by atoms with Gasteiger partial charge in [-0.2, -0.15) is 13.2 Å². The summed E-state index contributed by atoms with van der Waals surface area (Å²) in [5.41, 5.74) is -0.600. The van der Waals surface area contributed by atoms with E-state index >= 15 is 0 Å². The van der Waals surface area contributed by atoms with Gasteiger partial charge in [0.05, 0.1) is 5.56 Å². The Kier molecular flexibility index (Phi) is 5.45. The van der Waals surface area contributed by atoms with Gasteiger partial charge in [0.1, 0.15) is 5.82 Å². The summed E-state index contributed by atoms with van der Waals surface area (Å²) in [5, 5.41) is 0. The van der Waals surface area contributed by atoms with E-state index in [9.17, 15) is 17.6 Å². The molecule has 6 heteroatoms. The first-order valence-electron chi connectivity index (χ1n) is 7.48. The maximum absolute atomic E-state index is 13.9. The van der Waals surface area contributed by atoms with Crippen molar-refractivity contribution >= 4 is 0 Å². The SMILES string of the molecule is CN(C)CC1CCN(Cc2ccc(C(F)(F)F)cc2F)CC1. The summed E-state index contributed by atoms with van der Waals surface area (Å²) in [6.45, 7) is 3.14. The number of piperidine rings is 1. The Hall–Kier alpha value is -1.14. The van der Waals surface area contributed by atoms with Crippen LogP contribution in [0.4, 0.5) is 17.6 Å². The lowest BCUT2D eigenvalue weighted by atomic mass is 9.96. The van der Waals surface area contributed by atoms with Gasteiger partial charge in [-0.05, 0) is 58.1 Å². The van der Waals surface area contributed by atoms with Gasteiger partial charge in [-0.15, -0.1) is 0 Å². The summed E-state index contributed by atoms with van der Waals surface area (Å²) in [6, 6.07) is 2.80. The minimum absolute atomic E-state index is 0.332. The number of halogens is 4. The standard InChI is InChI=1S/C16H22F4N2/c1-21(2)10-12-5-7-22(8-6-12)11-13-3-4-14(9-15(13)17)16(18,19)20/h3-4,9,12H,5-8,10-11H2,1-2H3. The van der Waals surface area contributed by atoms with Gasteiger partial charge in [0.25, 0.3) is 0 Å². The fourth-order valence-corrected chi connectivity index (χ4v) is 2.94. The molecule has 0 amide bonds. The molecule has 0 aliphatic carbocycles. The summed E-state index contributed by atoms with van der Waals surface area (Å²) in [6.07, 6.45) is -2.41. The molecule has 0 radical (unpaired) electrons. The highest BCUT2D eigenvalue weighted by Crippen LogP contribution is 2.30. The summed E-state index contributed by atoms with van der Waals surface area (Å²) < 4.78 is 51.4. The molecule has 0 bridgehead atoms. The number of hydrogen-bond donors (Lipinski definition) is 0. The number of likely N-dealkylation sites (tertiary alicyclic amines) is 1. The molecule has 2 rings (SSSR count). The van der Waals surface area contributed by atoms with Crippen molar-refractivity contribution < 1.29 is 17.6 Å². The molecule has 0 aromatic heterocycles. The van der Waals surface area contributed by atoms with Crippen LogP contribution in [-0.2, 0) is 12.7 Å². The second kappa shape index (κ2) is 6.96. The van der Waals surface area contributed by atoms with E-state index in [1.165, 1.54) is 6.07 Å². The lowest BCUT2D eigenvalue weighted by molar-refractivity contribution is -0.137. The first kappa shape index (κ1) is 17.2. The highest BCUT2D eigenvalue weighted by Gasteiger charge is 2.31. The lowest BCUT2D eigenvalue weighted by Crippen LogP contribution is -2.36. The molecule has 1 heterocycles. The Morgan fingerprint density at radius 3 is 2.32 bits per heavy atom. The maximum atomic E-state index is 13.9.